The summed E-state index contributed by atoms with van der Waals surface area (Å²) in [7, 11) is -3.80. The number of nitrogens with zero attached hydrogens (tertiary/aromatic N) is 2. The second-order valence-electron chi connectivity index (χ2n) is 12.5. The van der Waals surface area contributed by atoms with Gasteiger partial charge in [-0.2, -0.15) is 0 Å². The summed E-state index contributed by atoms with van der Waals surface area (Å²) in [6, 6.07) is 41.1. The highest BCUT2D eigenvalue weighted by atomic mass is 32.2. The van der Waals surface area contributed by atoms with Crippen LogP contribution in [0.2, 0.25) is 0 Å². The summed E-state index contributed by atoms with van der Waals surface area (Å²) in [5, 5.41) is 13.7. The molecule has 5 aromatic rings. The van der Waals surface area contributed by atoms with Gasteiger partial charge >= 0.3 is 0 Å². The van der Waals surface area contributed by atoms with Crippen LogP contribution in [0, 0.1) is 0 Å². The van der Waals surface area contributed by atoms with Crippen LogP contribution >= 0.6 is 0 Å². The summed E-state index contributed by atoms with van der Waals surface area (Å²) in [5.41, 5.74) is 4.21. The Labute approximate surface area is 299 Å². The molecule has 264 valence electrons. The fraction of sp³-hybridized carbons (Fsp3) is 0.225. The van der Waals surface area contributed by atoms with E-state index >= 15 is 0 Å². The second-order valence-corrected chi connectivity index (χ2v) is 14.2. The molecule has 1 aliphatic heterocycles. The maximum Gasteiger partial charge on any atom is 0.261 e. The van der Waals surface area contributed by atoms with Crippen LogP contribution < -0.4 is 24.4 Å². The number of carbonyl (C=O) groups is 1. The van der Waals surface area contributed by atoms with E-state index in [0.717, 1.165) is 35.7 Å². The molecule has 0 spiro atoms. The number of hydrogen-bond donors (Lipinski definition) is 3. The van der Waals surface area contributed by atoms with Crippen LogP contribution in [0.1, 0.15) is 18.1 Å². The minimum Gasteiger partial charge on any atom is -0.491 e. The number of anilines is 3. The fourth-order valence-corrected chi connectivity index (χ4v) is 6.88. The molecule has 51 heavy (non-hydrogen) atoms. The van der Waals surface area contributed by atoms with Gasteiger partial charge in [0.05, 0.1) is 4.90 Å². The van der Waals surface area contributed by atoms with E-state index in [1.54, 1.807) is 24.3 Å². The van der Waals surface area contributed by atoms with Crippen molar-refractivity contribution in [2.45, 2.75) is 37.1 Å². The summed E-state index contributed by atoms with van der Waals surface area (Å²) in [6.45, 7) is 4.69. The second kappa shape index (κ2) is 16.6. The molecule has 10 nitrogen and oxygen atoms in total. The molecule has 0 radical (unpaired) electrons. The third-order valence-electron chi connectivity index (χ3n) is 8.54. The first-order valence-electron chi connectivity index (χ1n) is 16.8. The highest BCUT2D eigenvalue weighted by Crippen LogP contribution is 2.28. The van der Waals surface area contributed by atoms with Crippen LogP contribution in [-0.4, -0.2) is 62.7 Å². The van der Waals surface area contributed by atoms with Crippen LogP contribution in [-0.2, 0) is 28.0 Å². The van der Waals surface area contributed by atoms with Crippen molar-refractivity contribution < 1.29 is 27.8 Å². The Morgan fingerprint density at radius 2 is 1.35 bits per heavy atom. The minimum atomic E-state index is -3.80. The predicted octanol–water partition coefficient (Wildman–Crippen LogP) is 6.16. The van der Waals surface area contributed by atoms with Crippen LogP contribution in [0.25, 0.3) is 0 Å². The van der Waals surface area contributed by atoms with E-state index in [1.165, 1.54) is 19.1 Å². The number of sulfonamides is 1. The number of nitrogens with one attached hydrogen (secondary N) is 2. The van der Waals surface area contributed by atoms with Crippen molar-refractivity contribution in [3.8, 4) is 11.5 Å². The molecule has 1 atom stereocenters. The summed E-state index contributed by atoms with van der Waals surface area (Å²) in [4.78, 5) is 15.9. The topological polar surface area (TPSA) is 120 Å². The molecular formula is C40H42N4O6S. The number of aliphatic hydroxyl groups excluding tert-OH is 1. The molecule has 6 rings (SSSR count). The lowest BCUT2D eigenvalue weighted by Crippen LogP contribution is -2.60. The molecule has 1 heterocycles. The number of carbonyl (C=O) groups excluding carboxylic acids is 1. The smallest absolute Gasteiger partial charge is 0.261 e. The Morgan fingerprint density at radius 1 is 0.784 bits per heavy atom. The van der Waals surface area contributed by atoms with E-state index in [2.05, 4.69) is 32.0 Å². The largest absolute Gasteiger partial charge is 0.491 e. The summed E-state index contributed by atoms with van der Waals surface area (Å²) < 4.78 is 40.3. The van der Waals surface area contributed by atoms with Gasteiger partial charge in [0.15, 0.2) is 0 Å². The number of aliphatic hydroxyl groups is 1. The quantitative estimate of drug-likeness (QED) is 0.112. The van der Waals surface area contributed by atoms with E-state index in [0.29, 0.717) is 36.8 Å². The molecule has 3 N–H and O–H groups in total. The van der Waals surface area contributed by atoms with Gasteiger partial charge in [-0.15, -0.1) is 0 Å². The number of rotatable bonds is 16. The molecule has 5 aromatic carbocycles. The van der Waals surface area contributed by atoms with Gasteiger partial charge in [-0.1, -0.05) is 60.7 Å². The average Bonchev–Trinajstić information content (AvgIpc) is 3.11. The maximum atomic E-state index is 12.9. The number of benzene rings is 5. The molecule has 0 aromatic heterocycles. The van der Waals surface area contributed by atoms with Crippen LogP contribution in [0.15, 0.2) is 138 Å². The lowest BCUT2D eigenvalue weighted by molar-refractivity contribution is -0.114. The molecule has 0 aliphatic carbocycles. The Hall–Kier alpha value is -5.36. The van der Waals surface area contributed by atoms with Gasteiger partial charge in [0.2, 0.25) is 5.91 Å². The van der Waals surface area contributed by atoms with Gasteiger partial charge in [-0.05, 0) is 83.9 Å². The number of ether oxygens (including phenoxy) is 2. The van der Waals surface area contributed by atoms with Gasteiger partial charge in [0, 0.05) is 56.2 Å². The van der Waals surface area contributed by atoms with Crippen molar-refractivity contribution in [2.24, 2.45) is 0 Å². The van der Waals surface area contributed by atoms with Crippen molar-refractivity contribution in [3.63, 3.8) is 0 Å². The third-order valence-corrected chi connectivity index (χ3v) is 9.93. The van der Waals surface area contributed by atoms with Crippen molar-refractivity contribution >= 4 is 33.0 Å². The maximum absolute atomic E-state index is 12.9. The molecule has 1 saturated heterocycles. The molecule has 1 fully saturated rings. The highest BCUT2D eigenvalue weighted by molar-refractivity contribution is 7.92. The Bertz CT molecular complexity index is 1950. The first-order valence-corrected chi connectivity index (χ1v) is 18.3. The van der Waals surface area contributed by atoms with E-state index in [9.17, 15) is 18.3 Å². The van der Waals surface area contributed by atoms with Crippen molar-refractivity contribution in [3.05, 3.63) is 145 Å². The van der Waals surface area contributed by atoms with E-state index in [-0.39, 0.29) is 23.5 Å². The fourth-order valence-electron chi connectivity index (χ4n) is 5.82. The van der Waals surface area contributed by atoms with Gasteiger partial charge in [-0.25, -0.2) is 8.42 Å². The van der Waals surface area contributed by atoms with Gasteiger partial charge < -0.3 is 24.8 Å². The van der Waals surface area contributed by atoms with E-state index in [4.69, 9.17) is 9.47 Å². The number of hydrogen-bond acceptors (Lipinski definition) is 8. The van der Waals surface area contributed by atoms with Crippen LogP contribution in [0.4, 0.5) is 17.1 Å². The Kier molecular flexibility index (Phi) is 11.5. The molecule has 0 saturated carbocycles. The SMILES string of the molecule is CC(=O)Nc1ccc(S(=O)(=O)Nc2ccc(N3CC(N(Cc4ccccc4)CC(O)COc4ccc(OCc5ccccc5)cc4)C3)cc2)cc1. The molecular weight excluding hydrogens is 665 g/mol. The van der Waals surface area contributed by atoms with Crippen molar-refractivity contribution in [1.29, 1.82) is 0 Å². The average molecular weight is 707 g/mol. The van der Waals surface area contributed by atoms with Crippen LogP contribution in [0.5, 0.6) is 11.5 Å². The van der Waals surface area contributed by atoms with Crippen LogP contribution in [0.3, 0.4) is 0 Å². The summed E-state index contributed by atoms with van der Waals surface area (Å²) in [5.74, 6) is 1.18. The zero-order valence-electron chi connectivity index (χ0n) is 28.4. The molecule has 1 unspecified atom stereocenters. The van der Waals surface area contributed by atoms with E-state index < -0.39 is 16.1 Å². The zero-order chi connectivity index (χ0) is 35.6. The van der Waals surface area contributed by atoms with Crippen molar-refractivity contribution in [1.82, 2.24) is 4.90 Å². The molecule has 11 heteroatoms. The van der Waals surface area contributed by atoms with E-state index in [1.807, 2.05) is 84.9 Å². The minimum absolute atomic E-state index is 0.0967. The summed E-state index contributed by atoms with van der Waals surface area (Å²) in [6.07, 6.45) is -0.703. The first kappa shape index (κ1) is 35.5. The Balaban J connectivity index is 1.01. The third kappa shape index (κ3) is 10.1. The summed E-state index contributed by atoms with van der Waals surface area (Å²) >= 11 is 0. The molecule has 1 amide bonds. The highest BCUT2D eigenvalue weighted by Gasteiger charge is 2.33. The Morgan fingerprint density at radius 3 is 1.96 bits per heavy atom. The monoisotopic (exact) mass is 706 g/mol. The van der Waals surface area contributed by atoms with Gasteiger partial charge in [0.1, 0.15) is 30.8 Å². The number of amides is 1. The normalized spacial score (nSPS) is 13.7. The lowest BCUT2D eigenvalue weighted by Gasteiger charge is -2.47. The van der Waals surface area contributed by atoms with Gasteiger partial charge in [0.25, 0.3) is 10.0 Å². The zero-order valence-corrected chi connectivity index (χ0v) is 29.2. The predicted molar refractivity (Wildman–Crippen MR) is 200 cm³/mol. The first-order chi connectivity index (χ1) is 24.7. The van der Waals surface area contributed by atoms with Crippen molar-refractivity contribution in [2.75, 3.05) is 41.2 Å². The lowest BCUT2D eigenvalue weighted by atomic mass is 10.0. The van der Waals surface area contributed by atoms with Gasteiger partial charge in [-0.3, -0.25) is 14.4 Å². The molecule has 0 bridgehead atoms. The molecule has 1 aliphatic rings. The standard InChI is InChI=1S/C40H42N4O6S/c1-30(45)41-33-14-22-40(23-15-33)51(47,48)42-34-12-16-35(17-13-34)44-25-36(26-44)43(24-31-8-4-2-5-9-31)27-37(46)29-50-39-20-18-38(19-21-39)49-28-32-10-6-3-7-11-32/h2-23,36-37,42,46H,24-29H2,1H3,(H,41,45).